The second-order valence-corrected chi connectivity index (χ2v) is 6.41. The Morgan fingerprint density at radius 3 is 2.80 bits per heavy atom. The van der Waals surface area contributed by atoms with Crippen molar-refractivity contribution in [1.29, 1.82) is 0 Å². The van der Waals surface area contributed by atoms with E-state index in [2.05, 4.69) is 0 Å². The fraction of sp³-hybridized carbons (Fsp3) is 0.533. The van der Waals surface area contributed by atoms with E-state index in [9.17, 15) is 14.3 Å². The lowest BCUT2D eigenvalue weighted by Gasteiger charge is -2.26. The van der Waals surface area contributed by atoms with Crippen LogP contribution in [0, 0.1) is 17.7 Å². The Kier molecular flexibility index (Phi) is 3.26. The summed E-state index contributed by atoms with van der Waals surface area (Å²) in [5, 5.41) is 10.9. The Hall–Kier alpha value is -1.13. The van der Waals surface area contributed by atoms with Crippen molar-refractivity contribution in [2.24, 2.45) is 11.8 Å². The summed E-state index contributed by atoms with van der Waals surface area (Å²) in [4.78, 5) is 13.9. The molecule has 0 spiro atoms. The standard InChI is InChI=1S/C15H17ClFNO2/c1-9-7-18(8-15(9,20)10-2-3-10)14(19)12-5-4-11(16)6-13(12)17/h4-6,9-10,20H,2-3,7-8H2,1H3/t9-,15+/m1/s1. The van der Waals surface area contributed by atoms with E-state index in [-0.39, 0.29) is 28.3 Å². The van der Waals surface area contributed by atoms with Crippen LogP contribution in [0.4, 0.5) is 4.39 Å². The largest absolute Gasteiger partial charge is 0.387 e. The molecule has 1 aromatic carbocycles. The Bertz CT molecular complexity index is 561. The van der Waals surface area contributed by atoms with Gasteiger partial charge < -0.3 is 10.0 Å². The van der Waals surface area contributed by atoms with Gasteiger partial charge in [0.2, 0.25) is 0 Å². The number of hydrogen-bond acceptors (Lipinski definition) is 2. The number of amides is 1. The van der Waals surface area contributed by atoms with Gasteiger partial charge in [-0.15, -0.1) is 0 Å². The summed E-state index contributed by atoms with van der Waals surface area (Å²) < 4.78 is 13.8. The summed E-state index contributed by atoms with van der Waals surface area (Å²) in [7, 11) is 0. The maximum absolute atomic E-state index is 13.8. The molecule has 2 atom stereocenters. The number of halogens is 2. The topological polar surface area (TPSA) is 40.5 Å². The molecule has 108 valence electrons. The second-order valence-electron chi connectivity index (χ2n) is 5.98. The van der Waals surface area contributed by atoms with Gasteiger partial charge in [-0.2, -0.15) is 0 Å². The Morgan fingerprint density at radius 2 is 2.20 bits per heavy atom. The predicted molar refractivity (Wildman–Crippen MR) is 74.2 cm³/mol. The molecule has 2 aliphatic rings. The molecule has 1 N–H and O–H groups in total. The molecule has 2 fully saturated rings. The van der Waals surface area contributed by atoms with Gasteiger partial charge in [0.05, 0.1) is 17.7 Å². The van der Waals surface area contributed by atoms with Crippen LogP contribution in [0.25, 0.3) is 0 Å². The lowest BCUT2D eigenvalue weighted by Crippen LogP contribution is -2.40. The lowest BCUT2D eigenvalue weighted by molar-refractivity contribution is -0.00367. The Balaban J connectivity index is 1.81. The fourth-order valence-electron chi connectivity index (χ4n) is 3.12. The normalized spacial score (nSPS) is 29.8. The third-order valence-electron chi connectivity index (χ3n) is 4.52. The van der Waals surface area contributed by atoms with Crippen LogP contribution in [0.2, 0.25) is 5.02 Å². The summed E-state index contributed by atoms with van der Waals surface area (Å²) in [6.07, 6.45) is 2.02. The highest BCUT2D eigenvalue weighted by Gasteiger charge is 2.53. The number of benzene rings is 1. The van der Waals surface area contributed by atoms with E-state index in [0.717, 1.165) is 18.9 Å². The van der Waals surface area contributed by atoms with Crippen molar-refractivity contribution in [3.63, 3.8) is 0 Å². The first-order valence-electron chi connectivity index (χ1n) is 6.88. The average molecular weight is 298 g/mol. The summed E-state index contributed by atoms with van der Waals surface area (Å²) in [5.41, 5.74) is -0.792. The van der Waals surface area contributed by atoms with Gasteiger partial charge in [-0.25, -0.2) is 4.39 Å². The van der Waals surface area contributed by atoms with E-state index in [4.69, 9.17) is 11.6 Å². The quantitative estimate of drug-likeness (QED) is 0.912. The molecule has 3 rings (SSSR count). The predicted octanol–water partition coefficient (Wildman–Crippen LogP) is 2.71. The van der Waals surface area contributed by atoms with Gasteiger partial charge >= 0.3 is 0 Å². The maximum Gasteiger partial charge on any atom is 0.256 e. The molecule has 20 heavy (non-hydrogen) atoms. The van der Waals surface area contributed by atoms with Gasteiger partial charge in [0.1, 0.15) is 5.82 Å². The van der Waals surface area contributed by atoms with Gasteiger partial charge in [-0.1, -0.05) is 18.5 Å². The third kappa shape index (κ3) is 2.21. The van der Waals surface area contributed by atoms with Gasteiger partial charge in [0, 0.05) is 17.5 Å². The molecular formula is C15H17ClFNO2. The van der Waals surface area contributed by atoms with Crippen molar-refractivity contribution in [3.8, 4) is 0 Å². The molecule has 1 aliphatic heterocycles. The number of rotatable bonds is 2. The average Bonchev–Trinajstić information content (AvgIpc) is 3.17. The maximum atomic E-state index is 13.8. The zero-order chi connectivity index (χ0) is 14.5. The molecule has 0 bridgehead atoms. The van der Waals surface area contributed by atoms with E-state index >= 15 is 0 Å². The molecule has 5 heteroatoms. The molecule has 1 aromatic rings. The van der Waals surface area contributed by atoms with Crippen LogP contribution in [-0.4, -0.2) is 34.6 Å². The molecule has 3 nitrogen and oxygen atoms in total. The summed E-state index contributed by atoms with van der Waals surface area (Å²) in [6, 6.07) is 4.05. The molecule has 0 unspecified atom stereocenters. The van der Waals surface area contributed by atoms with Crippen molar-refractivity contribution >= 4 is 17.5 Å². The number of carbonyl (C=O) groups excluding carboxylic acids is 1. The van der Waals surface area contributed by atoms with Crippen molar-refractivity contribution in [2.45, 2.75) is 25.4 Å². The third-order valence-corrected chi connectivity index (χ3v) is 4.76. The first-order chi connectivity index (χ1) is 9.41. The molecule has 1 saturated carbocycles. The number of likely N-dealkylation sites (tertiary alicyclic amines) is 1. The molecule has 0 radical (unpaired) electrons. The molecule has 1 heterocycles. The zero-order valence-electron chi connectivity index (χ0n) is 11.3. The monoisotopic (exact) mass is 297 g/mol. The Labute approximate surface area is 122 Å². The molecule has 1 saturated heterocycles. The van der Waals surface area contributed by atoms with Crippen LogP contribution in [-0.2, 0) is 0 Å². The van der Waals surface area contributed by atoms with E-state index in [1.54, 1.807) is 4.90 Å². The van der Waals surface area contributed by atoms with Crippen molar-refractivity contribution < 1.29 is 14.3 Å². The smallest absolute Gasteiger partial charge is 0.256 e. The number of β-amino-alcohol motifs (C(OH)–C–C–N with tert-alkyl or cyclic N) is 1. The second kappa shape index (κ2) is 4.71. The van der Waals surface area contributed by atoms with Crippen LogP contribution >= 0.6 is 11.6 Å². The highest BCUT2D eigenvalue weighted by atomic mass is 35.5. The minimum atomic E-state index is -0.807. The van der Waals surface area contributed by atoms with Crippen LogP contribution < -0.4 is 0 Å². The van der Waals surface area contributed by atoms with Crippen molar-refractivity contribution in [3.05, 3.63) is 34.6 Å². The van der Waals surface area contributed by atoms with Crippen LogP contribution in [0.5, 0.6) is 0 Å². The number of aliphatic hydroxyl groups is 1. The minimum Gasteiger partial charge on any atom is -0.387 e. The van der Waals surface area contributed by atoms with E-state index in [0.29, 0.717) is 13.1 Å². The van der Waals surface area contributed by atoms with Gasteiger partial charge in [0.15, 0.2) is 0 Å². The molecule has 1 amide bonds. The number of hydrogen-bond donors (Lipinski definition) is 1. The highest BCUT2D eigenvalue weighted by molar-refractivity contribution is 6.30. The van der Waals surface area contributed by atoms with Crippen molar-refractivity contribution in [2.75, 3.05) is 13.1 Å². The van der Waals surface area contributed by atoms with E-state index in [1.165, 1.54) is 12.1 Å². The van der Waals surface area contributed by atoms with Gasteiger partial charge in [-0.3, -0.25) is 4.79 Å². The minimum absolute atomic E-state index is 0.0154. The van der Waals surface area contributed by atoms with Crippen LogP contribution in [0.15, 0.2) is 18.2 Å². The SMILES string of the molecule is C[C@@H]1CN(C(=O)c2ccc(Cl)cc2F)C[C@@]1(O)C1CC1. The first kappa shape index (κ1) is 13.8. The molecule has 0 aromatic heterocycles. The van der Waals surface area contributed by atoms with Crippen LogP contribution in [0.3, 0.4) is 0 Å². The summed E-state index contributed by atoms with van der Waals surface area (Å²) >= 11 is 5.69. The van der Waals surface area contributed by atoms with E-state index < -0.39 is 11.4 Å². The fourth-order valence-corrected chi connectivity index (χ4v) is 3.28. The zero-order valence-corrected chi connectivity index (χ0v) is 12.0. The lowest BCUT2D eigenvalue weighted by atomic mass is 9.88. The molecular weight excluding hydrogens is 281 g/mol. The van der Waals surface area contributed by atoms with E-state index in [1.807, 2.05) is 6.92 Å². The van der Waals surface area contributed by atoms with Gasteiger partial charge in [-0.05, 0) is 37.0 Å². The number of carbonyl (C=O) groups is 1. The van der Waals surface area contributed by atoms with Gasteiger partial charge in [0.25, 0.3) is 5.91 Å². The first-order valence-corrected chi connectivity index (χ1v) is 7.26. The van der Waals surface area contributed by atoms with Crippen molar-refractivity contribution in [1.82, 2.24) is 4.90 Å². The van der Waals surface area contributed by atoms with Crippen LogP contribution in [0.1, 0.15) is 30.1 Å². The molecule has 1 aliphatic carbocycles. The number of nitrogens with zero attached hydrogens (tertiary/aromatic N) is 1. The summed E-state index contributed by atoms with van der Waals surface area (Å²) in [5.74, 6) is -0.681. The Morgan fingerprint density at radius 1 is 1.50 bits per heavy atom. The summed E-state index contributed by atoms with van der Waals surface area (Å²) in [6.45, 7) is 2.71. The highest BCUT2D eigenvalue weighted by Crippen LogP contribution is 2.47.